The van der Waals surface area contributed by atoms with Crippen molar-refractivity contribution in [2.45, 2.75) is 38.9 Å². The number of fused-ring (bicyclic) bond motifs is 1. The summed E-state index contributed by atoms with van der Waals surface area (Å²) < 4.78 is 0. The standard InChI is InChI=1S/C22H22N2O4/c1-15(26)20(11-6-12-25)24-14-19-17(9-5-10-18(19)22(24)28)13-23-21(27)16-7-3-2-4-8-16/h2-5,7-10,12,20H,6,11,13-14H2,1H3,(H,23,27). The molecule has 2 aromatic carbocycles. The number of hydrogen-bond acceptors (Lipinski definition) is 4. The molecule has 0 aliphatic carbocycles. The first kappa shape index (κ1) is 19.5. The minimum absolute atomic E-state index is 0.137. The number of carbonyl (C=O) groups excluding carboxylic acids is 4. The quantitative estimate of drug-likeness (QED) is 0.716. The predicted molar refractivity (Wildman–Crippen MR) is 104 cm³/mol. The number of hydrogen-bond donors (Lipinski definition) is 1. The lowest BCUT2D eigenvalue weighted by Crippen LogP contribution is -2.40. The minimum Gasteiger partial charge on any atom is -0.348 e. The molecule has 28 heavy (non-hydrogen) atoms. The Morgan fingerprint density at radius 1 is 1.14 bits per heavy atom. The van der Waals surface area contributed by atoms with E-state index in [4.69, 9.17) is 0 Å². The maximum absolute atomic E-state index is 12.8. The maximum atomic E-state index is 12.8. The zero-order chi connectivity index (χ0) is 20.1. The summed E-state index contributed by atoms with van der Waals surface area (Å²) in [7, 11) is 0. The lowest BCUT2D eigenvalue weighted by molar-refractivity contribution is -0.121. The van der Waals surface area contributed by atoms with Crippen molar-refractivity contribution < 1.29 is 19.2 Å². The van der Waals surface area contributed by atoms with Gasteiger partial charge in [0, 0.05) is 30.6 Å². The molecule has 6 heteroatoms. The van der Waals surface area contributed by atoms with Crippen LogP contribution in [-0.2, 0) is 22.7 Å². The Hall–Kier alpha value is -3.28. The molecule has 0 aromatic heterocycles. The van der Waals surface area contributed by atoms with Crippen LogP contribution in [0.15, 0.2) is 48.5 Å². The molecule has 0 fully saturated rings. The molecule has 1 aliphatic rings. The molecule has 1 heterocycles. The van der Waals surface area contributed by atoms with Crippen molar-refractivity contribution >= 4 is 23.9 Å². The molecule has 1 N–H and O–H groups in total. The second-order valence-electron chi connectivity index (χ2n) is 6.80. The van der Waals surface area contributed by atoms with E-state index in [1.807, 2.05) is 12.1 Å². The van der Waals surface area contributed by atoms with Gasteiger partial charge >= 0.3 is 0 Å². The molecular formula is C22H22N2O4. The molecule has 2 amide bonds. The van der Waals surface area contributed by atoms with Crippen LogP contribution in [0.1, 0.15) is 51.6 Å². The fourth-order valence-corrected chi connectivity index (χ4v) is 3.51. The molecule has 0 saturated carbocycles. The van der Waals surface area contributed by atoms with Gasteiger partial charge in [0.05, 0.1) is 6.04 Å². The molecule has 0 saturated heterocycles. The number of ketones is 1. The smallest absolute Gasteiger partial charge is 0.255 e. The van der Waals surface area contributed by atoms with Crippen LogP contribution in [0.4, 0.5) is 0 Å². The van der Waals surface area contributed by atoms with Crippen LogP contribution in [0.25, 0.3) is 0 Å². The first-order valence-electron chi connectivity index (χ1n) is 9.22. The van der Waals surface area contributed by atoms with Crippen LogP contribution in [0.2, 0.25) is 0 Å². The number of benzene rings is 2. The Balaban J connectivity index is 1.77. The third-order valence-electron chi connectivity index (χ3n) is 4.97. The van der Waals surface area contributed by atoms with E-state index in [1.165, 1.54) is 11.8 Å². The molecule has 1 aliphatic heterocycles. The highest BCUT2D eigenvalue weighted by atomic mass is 16.2. The van der Waals surface area contributed by atoms with Gasteiger partial charge in [-0.3, -0.25) is 14.4 Å². The minimum atomic E-state index is -0.614. The summed E-state index contributed by atoms with van der Waals surface area (Å²) >= 11 is 0. The van der Waals surface area contributed by atoms with Crippen LogP contribution >= 0.6 is 0 Å². The Morgan fingerprint density at radius 2 is 1.89 bits per heavy atom. The predicted octanol–water partition coefficient (Wildman–Crippen LogP) is 2.51. The van der Waals surface area contributed by atoms with Gasteiger partial charge in [-0.05, 0) is 42.7 Å². The first-order valence-corrected chi connectivity index (χ1v) is 9.22. The first-order chi connectivity index (χ1) is 13.5. The van der Waals surface area contributed by atoms with Crippen LogP contribution in [-0.4, -0.2) is 34.8 Å². The van der Waals surface area contributed by atoms with E-state index in [1.54, 1.807) is 36.4 Å². The lowest BCUT2D eigenvalue weighted by Gasteiger charge is -2.25. The van der Waals surface area contributed by atoms with E-state index in [-0.39, 0.29) is 30.6 Å². The molecule has 3 rings (SSSR count). The zero-order valence-corrected chi connectivity index (χ0v) is 15.7. The normalized spacial score (nSPS) is 13.8. The Bertz CT molecular complexity index is 908. The van der Waals surface area contributed by atoms with Crippen LogP contribution in [0, 0.1) is 0 Å². The molecule has 0 radical (unpaired) electrons. The van der Waals surface area contributed by atoms with E-state index in [9.17, 15) is 19.2 Å². The zero-order valence-electron chi connectivity index (χ0n) is 15.7. The summed E-state index contributed by atoms with van der Waals surface area (Å²) in [4.78, 5) is 49.4. The summed E-state index contributed by atoms with van der Waals surface area (Å²) in [5.41, 5.74) is 2.77. The Morgan fingerprint density at radius 3 is 2.57 bits per heavy atom. The van der Waals surface area contributed by atoms with Gasteiger partial charge in [0.1, 0.15) is 6.29 Å². The molecule has 2 aromatic rings. The van der Waals surface area contributed by atoms with Crippen molar-refractivity contribution in [3.05, 3.63) is 70.8 Å². The van der Waals surface area contributed by atoms with Crippen LogP contribution in [0.3, 0.4) is 0 Å². The monoisotopic (exact) mass is 378 g/mol. The summed E-state index contributed by atoms with van der Waals surface area (Å²) in [6.07, 6.45) is 1.30. The molecule has 1 atom stereocenters. The summed E-state index contributed by atoms with van der Waals surface area (Å²) in [5, 5.41) is 2.88. The van der Waals surface area contributed by atoms with Crippen molar-refractivity contribution in [3.8, 4) is 0 Å². The second-order valence-corrected chi connectivity index (χ2v) is 6.80. The van der Waals surface area contributed by atoms with Gasteiger partial charge in [-0.1, -0.05) is 30.3 Å². The van der Waals surface area contributed by atoms with Crippen LogP contribution in [0.5, 0.6) is 0 Å². The van der Waals surface area contributed by atoms with Gasteiger partial charge in [-0.15, -0.1) is 0 Å². The third-order valence-corrected chi connectivity index (χ3v) is 4.97. The molecular weight excluding hydrogens is 356 g/mol. The van der Waals surface area contributed by atoms with E-state index >= 15 is 0 Å². The maximum Gasteiger partial charge on any atom is 0.255 e. The highest BCUT2D eigenvalue weighted by Crippen LogP contribution is 2.29. The van der Waals surface area contributed by atoms with Gasteiger partial charge < -0.3 is 15.0 Å². The number of carbonyl (C=O) groups is 4. The number of nitrogens with zero attached hydrogens (tertiary/aromatic N) is 1. The summed E-state index contributed by atoms with van der Waals surface area (Å²) in [6, 6.07) is 13.7. The Labute approximate surface area is 163 Å². The summed E-state index contributed by atoms with van der Waals surface area (Å²) in [6.45, 7) is 2.03. The second kappa shape index (κ2) is 8.61. The van der Waals surface area contributed by atoms with Crippen molar-refractivity contribution in [1.82, 2.24) is 10.2 Å². The number of Topliss-reactive ketones (excluding diaryl/α,β-unsaturated/α-hetero) is 1. The molecule has 0 bridgehead atoms. The van der Waals surface area contributed by atoms with Gasteiger partial charge in [0.2, 0.25) is 0 Å². The third kappa shape index (κ3) is 4.01. The van der Waals surface area contributed by atoms with Gasteiger partial charge in [-0.25, -0.2) is 0 Å². The largest absolute Gasteiger partial charge is 0.348 e. The number of nitrogens with one attached hydrogen (secondary N) is 1. The molecule has 1 unspecified atom stereocenters. The van der Waals surface area contributed by atoms with Crippen LogP contribution < -0.4 is 5.32 Å². The van der Waals surface area contributed by atoms with Gasteiger partial charge in [0.25, 0.3) is 11.8 Å². The highest BCUT2D eigenvalue weighted by molar-refractivity contribution is 6.01. The number of rotatable bonds is 8. The van der Waals surface area contributed by atoms with Gasteiger partial charge in [-0.2, -0.15) is 0 Å². The Kier molecular flexibility index (Phi) is 5.99. The van der Waals surface area contributed by atoms with E-state index in [2.05, 4.69) is 5.32 Å². The van der Waals surface area contributed by atoms with Gasteiger partial charge in [0.15, 0.2) is 5.78 Å². The lowest BCUT2D eigenvalue weighted by atomic mass is 10.0. The van der Waals surface area contributed by atoms with Crippen molar-refractivity contribution in [1.29, 1.82) is 0 Å². The van der Waals surface area contributed by atoms with E-state index in [0.29, 0.717) is 24.1 Å². The average Bonchev–Trinajstić information content (AvgIpc) is 3.04. The van der Waals surface area contributed by atoms with E-state index < -0.39 is 6.04 Å². The topological polar surface area (TPSA) is 83.6 Å². The number of amides is 2. The summed E-state index contributed by atoms with van der Waals surface area (Å²) in [5.74, 6) is -0.536. The van der Waals surface area contributed by atoms with Crippen molar-refractivity contribution in [2.75, 3.05) is 0 Å². The highest BCUT2D eigenvalue weighted by Gasteiger charge is 2.35. The fraction of sp³-hybridized carbons (Fsp3) is 0.273. The molecule has 0 spiro atoms. The fourth-order valence-electron chi connectivity index (χ4n) is 3.51. The average molecular weight is 378 g/mol. The number of aldehydes is 1. The van der Waals surface area contributed by atoms with E-state index in [0.717, 1.165) is 17.4 Å². The SMILES string of the molecule is CC(=O)C(CCC=O)N1Cc2c(CNC(=O)c3ccccc3)cccc2C1=O. The molecule has 6 nitrogen and oxygen atoms in total. The van der Waals surface area contributed by atoms with Crippen molar-refractivity contribution in [2.24, 2.45) is 0 Å². The molecule has 144 valence electrons. The van der Waals surface area contributed by atoms with Crippen molar-refractivity contribution in [3.63, 3.8) is 0 Å².